The van der Waals surface area contributed by atoms with E-state index in [9.17, 15) is 4.79 Å². The third-order valence-corrected chi connectivity index (χ3v) is 5.63. The molecule has 6 nitrogen and oxygen atoms in total. The zero-order valence-electron chi connectivity index (χ0n) is 14.6. The summed E-state index contributed by atoms with van der Waals surface area (Å²) in [5.41, 5.74) is 2.33. The lowest BCUT2D eigenvalue weighted by Gasteiger charge is -2.07. The van der Waals surface area contributed by atoms with E-state index in [1.165, 1.54) is 10.9 Å². The minimum atomic E-state index is 0.00932. The van der Waals surface area contributed by atoms with Gasteiger partial charge in [-0.3, -0.25) is 14.5 Å². The summed E-state index contributed by atoms with van der Waals surface area (Å²) in [5.74, 6) is 0.789. The average Bonchev–Trinajstić information content (AvgIpc) is 3.40. The summed E-state index contributed by atoms with van der Waals surface area (Å²) in [6.45, 7) is 1.11. The van der Waals surface area contributed by atoms with E-state index in [-0.39, 0.29) is 5.91 Å². The predicted molar refractivity (Wildman–Crippen MR) is 110 cm³/mol. The van der Waals surface area contributed by atoms with Crippen LogP contribution in [0.5, 0.6) is 0 Å². The first kappa shape index (κ1) is 17.7. The number of nitrogens with one attached hydrogen (secondary N) is 3. The zero-order chi connectivity index (χ0) is 18.6. The molecule has 0 aliphatic carbocycles. The van der Waals surface area contributed by atoms with Gasteiger partial charge in [-0.25, -0.2) is 0 Å². The van der Waals surface area contributed by atoms with Crippen molar-refractivity contribution >= 4 is 40.4 Å². The summed E-state index contributed by atoms with van der Waals surface area (Å²) in [7, 11) is 0. The van der Waals surface area contributed by atoms with Crippen molar-refractivity contribution in [2.75, 3.05) is 6.54 Å². The lowest BCUT2D eigenvalue weighted by atomic mass is 10.1. The van der Waals surface area contributed by atoms with Crippen LogP contribution in [0.4, 0.5) is 0 Å². The molecule has 0 atom stereocenters. The third kappa shape index (κ3) is 3.86. The Bertz CT molecular complexity index is 1110. The molecule has 0 fully saturated rings. The van der Waals surface area contributed by atoms with E-state index in [1.807, 2.05) is 40.4 Å². The summed E-state index contributed by atoms with van der Waals surface area (Å²) < 4.78 is 2.41. The van der Waals surface area contributed by atoms with Crippen LogP contribution in [-0.4, -0.2) is 32.2 Å². The smallest absolute Gasteiger partial charge is 0.221 e. The number of benzene rings is 1. The quantitative estimate of drug-likeness (QED) is 0.414. The molecule has 1 aromatic carbocycles. The number of rotatable bonds is 7. The Labute approximate surface area is 165 Å². The first-order valence-electron chi connectivity index (χ1n) is 8.73. The highest BCUT2D eigenvalue weighted by Gasteiger charge is 2.11. The molecule has 138 valence electrons. The molecule has 0 saturated carbocycles. The van der Waals surface area contributed by atoms with E-state index in [0.717, 1.165) is 22.6 Å². The maximum atomic E-state index is 12.2. The van der Waals surface area contributed by atoms with Gasteiger partial charge in [-0.05, 0) is 41.7 Å². The van der Waals surface area contributed by atoms with Crippen molar-refractivity contribution in [2.24, 2.45) is 0 Å². The highest BCUT2D eigenvalue weighted by atomic mass is 32.1. The number of carbonyl (C=O) groups is 1. The van der Waals surface area contributed by atoms with Crippen LogP contribution in [0.3, 0.4) is 0 Å². The molecule has 3 aromatic heterocycles. The van der Waals surface area contributed by atoms with Gasteiger partial charge in [0.1, 0.15) is 0 Å². The lowest BCUT2D eigenvalue weighted by Crippen LogP contribution is -2.26. The molecule has 3 N–H and O–H groups in total. The van der Waals surface area contributed by atoms with Crippen LogP contribution in [0.15, 0.2) is 48.0 Å². The van der Waals surface area contributed by atoms with Gasteiger partial charge in [-0.2, -0.15) is 5.10 Å². The van der Waals surface area contributed by atoms with Crippen molar-refractivity contribution in [3.05, 3.63) is 58.3 Å². The van der Waals surface area contributed by atoms with Gasteiger partial charge in [0.25, 0.3) is 0 Å². The van der Waals surface area contributed by atoms with Gasteiger partial charge in [0.2, 0.25) is 5.91 Å². The largest absolute Gasteiger partial charge is 0.361 e. The van der Waals surface area contributed by atoms with Crippen LogP contribution in [0.2, 0.25) is 0 Å². The van der Waals surface area contributed by atoms with E-state index in [0.29, 0.717) is 24.3 Å². The molecule has 3 heterocycles. The summed E-state index contributed by atoms with van der Waals surface area (Å²) in [5, 5.41) is 13.3. The minimum Gasteiger partial charge on any atom is -0.361 e. The maximum Gasteiger partial charge on any atom is 0.221 e. The SMILES string of the molecule is O=C(CCn1c(-c2cccs2)n[nH]c1=S)NCCc1c[nH]c2ccccc12. The number of carbonyl (C=O) groups excluding carboxylic acids is 1. The second kappa shape index (κ2) is 7.89. The van der Waals surface area contributed by atoms with Crippen molar-refractivity contribution in [1.82, 2.24) is 25.1 Å². The number of aromatic nitrogens is 4. The van der Waals surface area contributed by atoms with Crippen molar-refractivity contribution in [3.8, 4) is 10.7 Å². The number of hydrogen-bond donors (Lipinski definition) is 3. The van der Waals surface area contributed by atoms with Crippen LogP contribution in [0, 0.1) is 4.77 Å². The van der Waals surface area contributed by atoms with Crippen LogP contribution < -0.4 is 5.32 Å². The van der Waals surface area contributed by atoms with E-state index in [4.69, 9.17) is 12.2 Å². The lowest BCUT2D eigenvalue weighted by molar-refractivity contribution is -0.121. The highest BCUT2D eigenvalue weighted by molar-refractivity contribution is 7.71. The fraction of sp³-hybridized carbons (Fsp3) is 0.211. The molecule has 0 saturated heterocycles. The first-order valence-corrected chi connectivity index (χ1v) is 10.0. The summed E-state index contributed by atoms with van der Waals surface area (Å²) in [6, 6.07) is 12.1. The molecule has 0 bridgehead atoms. The summed E-state index contributed by atoms with van der Waals surface area (Å²) in [4.78, 5) is 16.5. The normalized spacial score (nSPS) is 11.1. The fourth-order valence-corrected chi connectivity index (χ4v) is 4.04. The standard InChI is InChI=1S/C19H19N5OS2/c25-17(20-9-7-13-12-21-15-5-2-1-4-14(13)15)8-10-24-18(22-23-19(24)26)16-6-3-11-27-16/h1-6,11-12,21H,7-10H2,(H,20,25)(H,23,26). The van der Waals surface area contributed by atoms with Crippen LogP contribution >= 0.6 is 23.6 Å². The van der Waals surface area contributed by atoms with E-state index in [1.54, 1.807) is 11.3 Å². The van der Waals surface area contributed by atoms with E-state index < -0.39 is 0 Å². The van der Waals surface area contributed by atoms with Gasteiger partial charge in [0, 0.05) is 36.6 Å². The minimum absolute atomic E-state index is 0.00932. The molecule has 0 aliphatic rings. The molecule has 0 unspecified atom stereocenters. The van der Waals surface area contributed by atoms with Crippen molar-refractivity contribution < 1.29 is 4.79 Å². The van der Waals surface area contributed by atoms with Gasteiger partial charge in [0.05, 0.1) is 4.88 Å². The van der Waals surface area contributed by atoms with Crippen LogP contribution in [0.25, 0.3) is 21.6 Å². The Hall–Kier alpha value is -2.71. The molecular formula is C19H19N5OS2. The Balaban J connectivity index is 1.32. The molecule has 27 heavy (non-hydrogen) atoms. The number of amides is 1. The van der Waals surface area contributed by atoms with Crippen molar-refractivity contribution in [2.45, 2.75) is 19.4 Å². The number of H-pyrrole nitrogens is 2. The molecule has 4 rings (SSSR count). The Kier molecular flexibility index (Phi) is 5.17. The van der Waals surface area contributed by atoms with Crippen LogP contribution in [0.1, 0.15) is 12.0 Å². The van der Waals surface area contributed by atoms with Crippen molar-refractivity contribution in [3.63, 3.8) is 0 Å². The Morgan fingerprint density at radius 1 is 1.26 bits per heavy atom. The molecule has 0 spiro atoms. The number of fused-ring (bicyclic) bond motifs is 1. The number of hydrogen-bond acceptors (Lipinski definition) is 4. The molecule has 0 radical (unpaired) electrons. The van der Waals surface area contributed by atoms with Gasteiger partial charge in [0.15, 0.2) is 10.6 Å². The average molecular weight is 398 g/mol. The predicted octanol–water partition coefficient (Wildman–Crippen LogP) is 3.90. The summed E-state index contributed by atoms with van der Waals surface area (Å²) >= 11 is 6.90. The topological polar surface area (TPSA) is 78.5 Å². The van der Waals surface area contributed by atoms with E-state index >= 15 is 0 Å². The Morgan fingerprint density at radius 3 is 3.00 bits per heavy atom. The number of aromatic amines is 2. The molecule has 1 amide bonds. The number of para-hydroxylation sites is 1. The molecule has 0 aliphatic heterocycles. The first-order chi connectivity index (χ1) is 13.2. The second-order valence-corrected chi connectivity index (χ2v) is 7.53. The molecular weight excluding hydrogens is 378 g/mol. The van der Waals surface area contributed by atoms with Gasteiger partial charge < -0.3 is 10.3 Å². The van der Waals surface area contributed by atoms with Gasteiger partial charge in [-0.1, -0.05) is 24.3 Å². The fourth-order valence-electron chi connectivity index (χ4n) is 3.10. The third-order valence-electron chi connectivity index (χ3n) is 4.45. The van der Waals surface area contributed by atoms with Crippen molar-refractivity contribution in [1.29, 1.82) is 0 Å². The highest BCUT2D eigenvalue weighted by Crippen LogP contribution is 2.23. The Morgan fingerprint density at radius 2 is 2.15 bits per heavy atom. The summed E-state index contributed by atoms with van der Waals surface area (Å²) in [6.07, 6.45) is 3.16. The second-order valence-electron chi connectivity index (χ2n) is 6.19. The molecule has 8 heteroatoms. The zero-order valence-corrected chi connectivity index (χ0v) is 16.2. The van der Waals surface area contributed by atoms with E-state index in [2.05, 4.69) is 32.6 Å². The molecule has 4 aromatic rings. The number of thiophene rings is 1. The number of nitrogens with zero attached hydrogens (tertiary/aromatic N) is 2. The maximum absolute atomic E-state index is 12.2. The van der Waals surface area contributed by atoms with Crippen LogP contribution in [-0.2, 0) is 17.8 Å². The van der Waals surface area contributed by atoms with Gasteiger partial charge >= 0.3 is 0 Å². The van der Waals surface area contributed by atoms with Gasteiger partial charge in [-0.15, -0.1) is 11.3 Å². The monoisotopic (exact) mass is 397 g/mol.